The van der Waals surface area contributed by atoms with Gasteiger partial charge in [-0.1, -0.05) is 227 Å². The molecule has 7 fully saturated rings. The van der Waals surface area contributed by atoms with Gasteiger partial charge in [-0.05, 0) is 199 Å². The molecule has 144 heavy (non-hydrogen) atoms. The van der Waals surface area contributed by atoms with Crippen molar-refractivity contribution in [2.45, 2.75) is 74.9 Å². The maximum absolute atomic E-state index is 11.4. The van der Waals surface area contributed by atoms with Gasteiger partial charge in [-0.15, -0.1) is 0 Å². The summed E-state index contributed by atoms with van der Waals surface area (Å²) in [5.74, 6) is 5.73. The summed E-state index contributed by atoms with van der Waals surface area (Å²) in [5.41, 5.74) is 12.9. The molecule has 0 aliphatic carbocycles. The normalized spacial score (nSPS) is 14.6. The van der Waals surface area contributed by atoms with E-state index < -0.39 is 9.84 Å². The van der Waals surface area contributed by atoms with Crippen LogP contribution in [-0.4, -0.2) is 239 Å². The zero-order chi connectivity index (χ0) is 102. The number of rotatable bonds is 28. The van der Waals surface area contributed by atoms with Crippen molar-refractivity contribution in [1.82, 2.24) is 48.8 Å². The minimum absolute atomic E-state index is 0.000334. The average molecular weight is 1950 g/mol. The van der Waals surface area contributed by atoms with Crippen molar-refractivity contribution in [3.05, 3.63) is 391 Å². The molecule has 12 aromatic rings. The third-order valence-corrected chi connectivity index (χ3v) is 25.1. The molecule has 27 nitrogen and oxygen atoms in total. The first kappa shape index (κ1) is 104. The van der Waals surface area contributed by atoms with Crippen molar-refractivity contribution in [3.63, 3.8) is 0 Å². The Morgan fingerprint density at radius 1 is 0.326 bits per heavy atom. The zero-order valence-corrected chi connectivity index (χ0v) is 82.0. The number of ether oxygens (including phenoxy) is 7. The van der Waals surface area contributed by atoms with Gasteiger partial charge in [0.05, 0.1) is 108 Å². The quantitative estimate of drug-likeness (QED) is 0.0411. The van der Waals surface area contributed by atoms with Crippen molar-refractivity contribution in [2.24, 2.45) is 0 Å². The number of amides is 7. The molecule has 0 atom stereocenters. The lowest BCUT2D eigenvalue weighted by molar-refractivity contribution is -0.135. The number of carbonyl (C=O) groups is 7. The van der Waals surface area contributed by atoms with Crippen LogP contribution in [0.3, 0.4) is 0 Å². The number of hydrogen-bond acceptors (Lipinski definition) is 19. The minimum Gasteiger partial charge on any atom is -0.487 e. The largest absolute Gasteiger partial charge is 0.487 e. The molecular formula is C116H117N11O16S. The van der Waals surface area contributed by atoms with Crippen LogP contribution >= 0.6 is 0 Å². The van der Waals surface area contributed by atoms with E-state index in [2.05, 4.69) is 166 Å². The van der Waals surface area contributed by atoms with E-state index >= 15 is 0 Å². The number of carbonyl (C=O) groups excluding carboxylic acids is 7. The Kier molecular flexibility index (Phi) is 36.8. The van der Waals surface area contributed by atoms with Crippen molar-refractivity contribution >= 4 is 51.2 Å². The molecule has 7 aliphatic heterocycles. The Hall–Kier alpha value is -16.9. The molecule has 2 aromatic heterocycles. The highest BCUT2D eigenvalue weighted by Crippen LogP contribution is 2.34. The van der Waals surface area contributed by atoms with Crippen LogP contribution in [0.25, 0.3) is 55.9 Å². The number of aryl methyl sites for hydroxylation is 3. The highest BCUT2D eigenvalue weighted by molar-refractivity contribution is 7.90. The van der Waals surface area contributed by atoms with E-state index in [-0.39, 0.29) is 89.0 Å². The Balaban J connectivity index is 0.000000141. The number of nitriles is 1. The molecule has 0 saturated carbocycles. The van der Waals surface area contributed by atoms with Crippen LogP contribution in [0.15, 0.2) is 379 Å². The summed E-state index contributed by atoms with van der Waals surface area (Å²) in [6.07, 6.45) is 16.1. The Bertz CT molecular complexity index is 6700. The fraction of sp³-hybridized carbons (Fsp3) is 0.224. The lowest BCUT2D eigenvalue weighted by Crippen LogP contribution is -2.55. The summed E-state index contributed by atoms with van der Waals surface area (Å²) in [6.45, 7) is 39.7. The van der Waals surface area contributed by atoms with Gasteiger partial charge in [-0.25, -0.2) is 18.4 Å². The minimum atomic E-state index is -3.24. The van der Waals surface area contributed by atoms with Gasteiger partial charge in [0.15, 0.2) is 9.84 Å². The van der Waals surface area contributed by atoms with Crippen molar-refractivity contribution in [3.8, 4) is 102 Å². The van der Waals surface area contributed by atoms with Gasteiger partial charge >= 0.3 is 0 Å². The van der Waals surface area contributed by atoms with Crippen molar-refractivity contribution in [2.75, 3.05) is 97.9 Å². The number of hydrogen-bond donors (Lipinski definition) is 0. The molecule has 28 heteroatoms. The number of pyridine rings is 1. The maximum Gasteiger partial charge on any atom is 0.246 e. The summed E-state index contributed by atoms with van der Waals surface area (Å²) < 4.78 is 65.7. The average Bonchev–Trinajstić information content (AvgIpc) is 1.78. The van der Waals surface area contributed by atoms with Crippen LogP contribution in [0.5, 0.6) is 40.4 Å². The van der Waals surface area contributed by atoms with Crippen LogP contribution in [0, 0.1) is 25.2 Å². The van der Waals surface area contributed by atoms with E-state index in [1.54, 1.807) is 71.0 Å². The molecule has 0 bridgehead atoms. The summed E-state index contributed by atoms with van der Waals surface area (Å²) in [5, 5.41) is 9.22. The van der Waals surface area contributed by atoms with E-state index in [4.69, 9.17) is 33.2 Å². The predicted molar refractivity (Wildman–Crippen MR) is 557 cm³/mol. The molecule has 7 aliphatic rings. The Labute approximate surface area is 841 Å². The Morgan fingerprint density at radius 2 is 0.632 bits per heavy atom. The number of nitrogens with zero attached hydrogens (tertiary/aromatic N) is 11. The maximum atomic E-state index is 11.4. The molecule has 0 spiro atoms. The summed E-state index contributed by atoms with van der Waals surface area (Å²) >= 11 is 0. The number of aromatic nitrogens is 3. The van der Waals surface area contributed by atoms with E-state index in [9.17, 15) is 47.2 Å². The lowest BCUT2D eigenvalue weighted by atomic mass is 10.0. The van der Waals surface area contributed by atoms with Crippen LogP contribution in [0.4, 0.5) is 0 Å². The number of sulfone groups is 1. The highest BCUT2D eigenvalue weighted by atomic mass is 32.2. The summed E-state index contributed by atoms with van der Waals surface area (Å²) in [7, 11) is -3.24. The van der Waals surface area contributed by atoms with Crippen LogP contribution in [-0.2, 0) is 49.9 Å². The number of imidazole rings is 1. The molecule has 7 amide bonds. The predicted octanol–water partition coefficient (Wildman–Crippen LogP) is 17.1. The second-order valence-electron chi connectivity index (χ2n) is 34.7. The fourth-order valence-corrected chi connectivity index (χ4v) is 16.5. The van der Waals surface area contributed by atoms with Gasteiger partial charge in [0, 0.05) is 43.0 Å². The van der Waals surface area contributed by atoms with Gasteiger partial charge in [-0.3, -0.25) is 33.6 Å². The van der Waals surface area contributed by atoms with Gasteiger partial charge in [-0.2, -0.15) is 5.26 Å². The van der Waals surface area contributed by atoms with Gasteiger partial charge in [0.25, 0.3) is 0 Å². The SMILES string of the molecule is C=CC(=O)N1CC(Oc2cccc(-c3ccc(C)cc3)c2)C1.C=CC(=O)N1CC(Oc2cccc(-c3cccc(C)c3)c2)C1.C=CC(=O)N1CC(Oc2cccc(-c3ccccc3)c2)C1.C=CC(=O)N1CC(Oc2cccc(-c3ccccc3C#N)c2)C1.C=CC(=O)N1CC(Oc2cccc(-c3nccn3CC)c2)C1.C=CC(=O)N1CC(Oc2cccc(S(C)(=O)=O)c2)C1.C=CC(=O)N1CC(Oc2ccccn2)C1. The third-order valence-electron chi connectivity index (χ3n) is 24.0. The highest BCUT2D eigenvalue weighted by Gasteiger charge is 2.37. The fourth-order valence-electron chi connectivity index (χ4n) is 15.8. The second kappa shape index (κ2) is 50.8. The van der Waals surface area contributed by atoms with E-state index in [0.29, 0.717) is 109 Å². The summed E-state index contributed by atoms with van der Waals surface area (Å²) in [6, 6.07) is 88.4. The van der Waals surface area contributed by atoms with Crippen LogP contribution in [0.1, 0.15) is 23.6 Å². The molecule has 19 rings (SSSR count). The lowest BCUT2D eigenvalue weighted by Gasteiger charge is -2.38. The molecule has 0 unspecified atom stereocenters. The van der Waals surface area contributed by atoms with Gasteiger partial charge < -0.3 is 72.0 Å². The number of benzene rings is 10. The smallest absolute Gasteiger partial charge is 0.246 e. The van der Waals surface area contributed by atoms with E-state index in [1.165, 1.54) is 82.5 Å². The molecule has 738 valence electrons. The molecule has 7 saturated heterocycles. The van der Waals surface area contributed by atoms with Crippen LogP contribution < -0.4 is 33.2 Å². The second-order valence-corrected chi connectivity index (χ2v) is 36.7. The van der Waals surface area contributed by atoms with E-state index in [0.717, 1.165) is 80.8 Å². The number of likely N-dealkylation sites (tertiary alicyclic amines) is 7. The Morgan fingerprint density at radius 3 is 0.993 bits per heavy atom. The van der Waals surface area contributed by atoms with Crippen molar-refractivity contribution in [1.29, 1.82) is 5.26 Å². The first-order chi connectivity index (χ1) is 69.7. The monoisotopic (exact) mass is 1950 g/mol. The van der Waals surface area contributed by atoms with Crippen LogP contribution in [0.2, 0.25) is 0 Å². The summed E-state index contributed by atoms with van der Waals surface area (Å²) in [4.78, 5) is 100.0. The zero-order valence-electron chi connectivity index (χ0n) is 81.1. The first-order valence-electron chi connectivity index (χ1n) is 47.2. The molecule has 0 N–H and O–H groups in total. The molecular weight excluding hydrogens is 1840 g/mol. The van der Waals surface area contributed by atoms with Gasteiger partial charge in [0.2, 0.25) is 47.2 Å². The first-order valence-corrected chi connectivity index (χ1v) is 49.1. The van der Waals surface area contributed by atoms with E-state index in [1.807, 2.05) is 158 Å². The molecule has 10 aromatic carbocycles. The molecule has 9 heterocycles. The van der Waals surface area contributed by atoms with Gasteiger partial charge in [0.1, 0.15) is 83.0 Å². The van der Waals surface area contributed by atoms with Crippen molar-refractivity contribution < 1.29 is 75.1 Å². The standard InChI is InChI=1S/C19H16N2O2.2C19H19NO2.C18H17NO2.C17H19N3O2.C13H15NO4S.C11H12N2O2/c1-2-19(22)21-12-17(13-21)23-16-8-5-7-14(10-16)18-9-4-3-6-15(18)11-20;1-3-19(21)20-12-18(13-20)22-17-9-5-8-16(11-17)15-7-4-6-14(2)10-15;1-3-19(21)20-12-18(13-20)22-17-6-4-5-16(11-17)15-9-7-14(2)8-10-15;1-2-18(20)19-12-17(13-19)21-16-10-6-9-15(11-16)14-7-4-3-5-8-14;1-3-16(21)20-11-15(12-20)22-14-7-5-6-13(10-14)17-18-8-9-19(17)4-2;1-3-13(15)14-8-11(9-14)18-10-5-4-6-12(7-10)19(2,16)17;1-2-11(14)13-7-9(8-13)15-10-5-3-4-6-12-10/h2-10,17H,1,12-13H2;2*3-11,18H,1,12-13H2,2H3;2-11,17H,1,12-13H2;3,5-10,15H,1,4,11-12H2,2H3;3-7,11H,1,8-9H2,2H3;2-6,9H,1,7-8H2. The third kappa shape index (κ3) is 29.4. The topological polar surface area (TPSA) is 295 Å². The molecule has 0 radical (unpaired) electrons.